The number of rotatable bonds is 6. The van der Waals surface area contributed by atoms with E-state index in [9.17, 15) is 4.79 Å². The predicted molar refractivity (Wildman–Crippen MR) is 125 cm³/mol. The minimum atomic E-state index is -0.266. The molecule has 0 saturated carbocycles. The summed E-state index contributed by atoms with van der Waals surface area (Å²) in [6.45, 7) is 5.89. The molecule has 0 aliphatic carbocycles. The number of hydrogen-bond acceptors (Lipinski definition) is 6. The summed E-state index contributed by atoms with van der Waals surface area (Å²) in [4.78, 5) is 19.2. The average Bonchev–Trinajstić information content (AvgIpc) is 3.14. The van der Waals surface area contributed by atoms with Crippen LogP contribution < -0.4 is 10.6 Å². The van der Waals surface area contributed by atoms with Crippen LogP contribution in [0.5, 0.6) is 0 Å². The van der Waals surface area contributed by atoms with Crippen LogP contribution in [0.3, 0.4) is 0 Å². The van der Waals surface area contributed by atoms with Crippen LogP contribution in [0, 0.1) is 13.8 Å². The molecule has 5 rings (SSSR count). The summed E-state index contributed by atoms with van der Waals surface area (Å²) in [6.07, 6.45) is 4.10. The fourth-order valence-electron chi connectivity index (χ4n) is 4.71. The van der Waals surface area contributed by atoms with Crippen molar-refractivity contribution < 1.29 is 14.1 Å². The third-order valence-electron chi connectivity index (χ3n) is 6.50. The molecule has 2 amide bonds. The first-order chi connectivity index (χ1) is 16.1. The lowest BCUT2D eigenvalue weighted by molar-refractivity contribution is -0.168. The minimum Gasteiger partial charge on any atom is -0.370 e. The van der Waals surface area contributed by atoms with Crippen LogP contribution in [0.25, 0.3) is 11.3 Å². The summed E-state index contributed by atoms with van der Waals surface area (Å²) in [5.74, 6) is 0.597. The molecule has 2 N–H and O–H groups in total. The lowest BCUT2D eigenvalue weighted by Crippen LogP contribution is -2.64. The SMILES string of the molecule is Cc1noc(C)c1NC(=O)NC[C@H]1CC[C@H]2[C@H](CN2Cc2cccc(-c3ccccn3)c2)O1. The van der Waals surface area contributed by atoms with E-state index in [1.165, 1.54) is 5.56 Å². The summed E-state index contributed by atoms with van der Waals surface area (Å²) in [5.41, 5.74) is 4.72. The largest absolute Gasteiger partial charge is 0.370 e. The van der Waals surface area contributed by atoms with Crippen molar-refractivity contribution >= 4 is 11.7 Å². The number of pyridine rings is 1. The van der Waals surface area contributed by atoms with Gasteiger partial charge in [0.15, 0.2) is 5.76 Å². The van der Waals surface area contributed by atoms with E-state index in [0.717, 1.165) is 37.2 Å². The molecule has 8 nitrogen and oxygen atoms in total. The second kappa shape index (κ2) is 9.33. The molecule has 0 unspecified atom stereocenters. The molecule has 1 aromatic carbocycles. The summed E-state index contributed by atoms with van der Waals surface area (Å²) < 4.78 is 11.3. The zero-order chi connectivity index (χ0) is 22.8. The van der Waals surface area contributed by atoms with Gasteiger partial charge in [-0.25, -0.2) is 4.79 Å². The number of ether oxygens (including phenoxy) is 1. The highest BCUT2D eigenvalue weighted by Crippen LogP contribution is 2.33. The first kappa shape index (κ1) is 21.6. The molecule has 33 heavy (non-hydrogen) atoms. The van der Waals surface area contributed by atoms with Crippen LogP contribution in [0.2, 0.25) is 0 Å². The molecule has 2 saturated heterocycles. The number of likely N-dealkylation sites (tertiary alicyclic amines) is 1. The molecular formula is C25H29N5O3. The maximum absolute atomic E-state index is 12.2. The number of aryl methyl sites for hydroxylation is 2. The lowest BCUT2D eigenvalue weighted by atomic mass is 9.89. The van der Waals surface area contributed by atoms with Crippen LogP contribution >= 0.6 is 0 Å². The summed E-state index contributed by atoms with van der Waals surface area (Å²) >= 11 is 0. The highest BCUT2D eigenvalue weighted by molar-refractivity contribution is 5.90. The number of aromatic nitrogens is 2. The molecule has 172 valence electrons. The van der Waals surface area contributed by atoms with Gasteiger partial charge in [-0.1, -0.05) is 29.4 Å². The van der Waals surface area contributed by atoms with E-state index in [0.29, 0.717) is 29.7 Å². The Balaban J connectivity index is 1.09. The Labute approximate surface area is 193 Å². The van der Waals surface area contributed by atoms with Gasteiger partial charge < -0.3 is 19.9 Å². The number of hydrogen-bond donors (Lipinski definition) is 2. The quantitative estimate of drug-likeness (QED) is 0.595. The van der Waals surface area contributed by atoms with Gasteiger partial charge in [0.05, 0.1) is 17.9 Å². The number of fused-ring (bicyclic) bond motifs is 1. The average molecular weight is 448 g/mol. The van der Waals surface area contributed by atoms with E-state index in [1.807, 2.05) is 24.4 Å². The maximum Gasteiger partial charge on any atom is 0.319 e. The second-order valence-corrected chi connectivity index (χ2v) is 8.82. The fourth-order valence-corrected chi connectivity index (χ4v) is 4.71. The Morgan fingerprint density at radius 1 is 1.18 bits per heavy atom. The van der Waals surface area contributed by atoms with Gasteiger partial charge in [0, 0.05) is 37.4 Å². The smallest absolute Gasteiger partial charge is 0.319 e. The van der Waals surface area contributed by atoms with Crippen molar-refractivity contribution in [3.8, 4) is 11.3 Å². The van der Waals surface area contributed by atoms with E-state index in [1.54, 1.807) is 13.8 Å². The molecule has 3 atom stereocenters. The number of anilines is 1. The van der Waals surface area contributed by atoms with Crippen molar-refractivity contribution in [3.63, 3.8) is 0 Å². The first-order valence-corrected chi connectivity index (χ1v) is 11.4. The van der Waals surface area contributed by atoms with Gasteiger partial charge in [-0.15, -0.1) is 0 Å². The second-order valence-electron chi connectivity index (χ2n) is 8.82. The number of benzene rings is 1. The van der Waals surface area contributed by atoms with Crippen molar-refractivity contribution in [1.29, 1.82) is 0 Å². The lowest BCUT2D eigenvalue weighted by Gasteiger charge is -2.52. The highest BCUT2D eigenvalue weighted by Gasteiger charge is 2.43. The van der Waals surface area contributed by atoms with Crippen LogP contribution in [-0.2, 0) is 11.3 Å². The Hall–Kier alpha value is -3.23. The van der Waals surface area contributed by atoms with Gasteiger partial charge in [0.25, 0.3) is 0 Å². The highest BCUT2D eigenvalue weighted by atomic mass is 16.5. The molecule has 0 radical (unpaired) electrons. The number of carbonyl (C=O) groups excluding carboxylic acids is 1. The minimum absolute atomic E-state index is 0.0382. The molecule has 2 aliphatic rings. The molecule has 4 heterocycles. The molecule has 8 heteroatoms. The monoisotopic (exact) mass is 447 g/mol. The Kier molecular flexibility index (Phi) is 6.11. The van der Waals surface area contributed by atoms with Gasteiger partial charge in [-0.05, 0) is 50.5 Å². The zero-order valence-corrected chi connectivity index (χ0v) is 19.0. The molecule has 3 aromatic rings. The maximum atomic E-state index is 12.2. The fraction of sp³-hybridized carbons (Fsp3) is 0.400. The van der Waals surface area contributed by atoms with Crippen LogP contribution in [0.4, 0.5) is 10.5 Å². The summed E-state index contributed by atoms with van der Waals surface area (Å²) in [6, 6.07) is 14.8. The number of nitrogens with one attached hydrogen (secondary N) is 2. The standard InChI is InChI=1S/C25H29N5O3/c1-16-24(17(2)33-29-16)28-25(31)27-13-20-9-10-22-23(32-20)15-30(22)14-18-6-5-7-19(12-18)21-8-3-4-11-26-21/h3-8,11-12,20,22-23H,9-10,13-15H2,1-2H3,(H2,27,28,31)/t20-,22+,23+/m1/s1. The predicted octanol–water partition coefficient (Wildman–Crippen LogP) is 3.91. The van der Waals surface area contributed by atoms with Gasteiger partial charge in [-0.2, -0.15) is 0 Å². The molecular weight excluding hydrogens is 418 g/mol. The van der Waals surface area contributed by atoms with E-state index in [4.69, 9.17) is 9.26 Å². The topological polar surface area (TPSA) is 92.5 Å². The van der Waals surface area contributed by atoms with E-state index < -0.39 is 0 Å². The number of carbonyl (C=O) groups is 1. The number of urea groups is 1. The van der Waals surface area contributed by atoms with E-state index >= 15 is 0 Å². The van der Waals surface area contributed by atoms with Crippen molar-refractivity contribution in [2.45, 2.75) is 51.5 Å². The Morgan fingerprint density at radius 2 is 2.09 bits per heavy atom. The normalized spacial score (nSPS) is 22.3. The van der Waals surface area contributed by atoms with Crippen molar-refractivity contribution in [2.24, 2.45) is 0 Å². The van der Waals surface area contributed by atoms with Gasteiger partial charge in [-0.3, -0.25) is 9.88 Å². The van der Waals surface area contributed by atoms with Crippen molar-refractivity contribution in [2.75, 3.05) is 18.4 Å². The van der Waals surface area contributed by atoms with Crippen molar-refractivity contribution in [3.05, 3.63) is 65.7 Å². The molecule has 2 aromatic heterocycles. The van der Waals surface area contributed by atoms with Gasteiger partial charge >= 0.3 is 6.03 Å². The molecule has 2 aliphatic heterocycles. The molecule has 0 spiro atoms. The van der Waals surface area contributed by atoms with Gasteiger partial charge in [0.2, 0.25) is 0 Å². The van der Waals surface area contributed by atoms with Gasteiger partial charge in [0.1, 0.15) is 11.4 Å². The Morgan fingerprint density at radius 3 is 2.85 bits per heavy atom. The van der Waals surface area contributed by atoms with E-state index in [-0.39, 0.29) is 18.2 Å². The van der Waals surface area contributed by atoms with Crippen LogP contribution in [0.15, 0.2) is 53.2 Å². The van der Waals surface area contributed by atoms with Crippen molar-refractivity contribution in [1.82, 2.24) is 20.4 Å². The first-order valence-electron chi connectivity index (χ1n) is 11.4. The number of amides is 2. The molecule has 0 bridgehead atoms. The zero-order valence-electron chi connectivity index (χ0n) is 19.0. The summed E-state index contributed by atoms with van der Waals surface area (Å²) in [5, 5.41) is 9.57. The van der Waals surface area contributed by atoms with Crippen LogP contribution in [-0.4, -0.2) is 52.4 Å². The summed E-state index contributed by atoms with van der Waals surface area (Å²) in [7, 11) is 0. The Bertz CT molecular complexity index is 1100. The third kappa shape index (κ3) is 4.77. The third-order valence-corrected chi connectivity index (χ3v) is 6.50. The van der Waals surface area contributed by atoms with E-state index in [2.05, 4.69) is 49.9 Å². The van der Waals surface area contributed by atoms with Crippen LogP contribution in [0.1, 0.15) is 29.9 Å². The molecule has 2 fully saturated rings. The number of nitrogens with zero attached hydrogens (tertiary/aromatic N) is 3.